The molecule has 1 aliphatic carbocycles. The summed E-state index contributed by atoms with van der Waals surface area (Å²) < 4.78 is 2.41. The van der Waals surface area contributed by atoms with Crippen LogP contribution in [0.4, 0.5) is 0 Å². The van der Waals surface area contributed by atoms with Gasteiger partial charge in [-0.25, -0.2) is 0 Å². The lowest BCUT2D eigenvalue weighted by atomic mass is 9.64. The van der Waals surface area contributed by atoms with E-state index < -0.39 is 0 Å². The van der Waals surface area contributed by atoms with Crippen molar-refractivity contribution in [3.63, 3.8) is 0 Å². The smallest absolute Gasteiger partial charge is 0.0656 e. The molecule has 32 heavy (non-hydrogen) atoms. The summed E-state index contributed by atoms with van der Waals surface area (Å²) in [5.41, 5.74) is 7.61. The van der Waals surface area contributed by atoms with Crippen molar-refractivity contribution in [1.82, 2.24) is 4.57 Å². The van der Waals surface area contributed by atoms with Crippen molar-refractivity contribution in [2.75, 3.05) is 0 Å². The predicted molar refractivity (Wildman–Crippen MR) is 133 cm³/mol. The van der Waals surface area contributed by atoms with E-state index >= 15 is 0 Å². The number of nitrogens with zero attached hydrogens (tertiary/aromatic N) is 1. The van der Waals surface area contributed by atoms with Gasteiger partial charge in [-0.2, -0.15) is 0 Å². The number of hydrogen-bond donors (Lipinski definition) is 0. The summed E-state index contributed by atoms with van der Waals surface area (Å²) in [5, 5.41) is 1.32. The van der Waals surface area contributed by atoms with E-state index in [1.807, 2.05) is 0 Å². The Balaban J connectivity index is 1.77. The predicted octanol–water partition coefficient (Wildman–Crippen LogP) is 7.21. The Bertz CT molecular complexity index is 1370. The minimum absolute atomic E-state index is 0.212. The topological polar surface area (TPSA) is 4.93 Å². The van der Waals surface area contributed by atoms with Crippen molar-refractivity contribution in [3.05, 3.63) is 155 Å². The average molecular weight is 412 g/mol. The van der Waals surface area contributed by atoms with Crippen LogP contribution in [-0.4, -0.2) is 4.57 Å². The number of para-hydroxylation sites is 1. The molecule has 0 saturated heterocycles. The van der Waals surface area contributed by atoms with Gasteiger partial charge in [-0.15, -0.1) is 0 Å². The summed E-state index contributed by atoms with van der Waals surface area (Å²) in [5.74, 6) is 0.212. The van der Waals surface area contributed by atoms with Crippen molar-refractivity contribution in [1.29, 1.82) is 0 Å². The Labute approximate surface area is 189 Å². The Morgan fingerprint density at radius 3 is 1.78 bits per heavy atom. The van der Waals surface area contributed by atoms with E-state index in [0.29, 0.717) is 0 Å². The molecule has 0 spiro atoms. The van der Waals surface area contributed by atoms with Gasteiger partial charge < -0.3 is 4.57 Å². The standard InChI is InChI=1S/C31H25N/c1-32-28-20-12-11-19-27(28)29-30(32)26(23-13-5-2-6-14-23)21-22-31(29,24-15-7-3-8-16-24)25-17-9-4-10-18-25/h2-22,26H,1H3. The third-order valence-electron chi connectivity index (χ3n) is 7.00. The number of benzene rings is 4. The van der Waals surface area contributed by atoms with Crippen LogP contribution in [-0.2, 0) is 12.5 Å². The molecule has 1 unspecified atom stereocenters. The summed E-state index contributed by atoms with van der Waals surface area (Å²) in [6, 6.07) is 41.6. The Morgan fingerprint density at radius 2 is 1.16 bits per heavy atom. The van der Waals surface area contributed by atoms with Gasteiger partial charge >= 0.3 is 0 Å². The molecular weight excluding hydrogens is 386 g/mol. The number of aryl methyl sites for hydroxylation is 1. The van der Waals surface area contributed by atoms with Crippen molar-refractivity contribution in [2.45, 2.75) is 11.3 Å². The fourth-order valence-corrected chi connectivity index (χ4v) is 5.59. The highest BCUT2D eigenvalue weighted by atomic mass is 15.0. The van der Waals surface area contributed by atoms with Crippen molar-refractivity contribution >= 4 is 10.9 Å². The molecule has 0 amide bonds. The molecule has 0 aliphatic heterocycles. The number of aromatic nitrogens is 1. The van der Waals surface area contributed by atoms with Gasteiger partial charge in [0.25, 0.3) is 0 Å². The van der Waals surface area contributed by atoms with Crippen LogP contribution >= 0.6 is 0 Å². The van der Waals surface area contributed by atoms with Crippen LogP contribution in [0.15, 0.2) is 127 Å². The maximum Gasteiger partial charge on any atom is 0.0656 e. The van der Waals surface area contributed by atoms with E-state index in [1.54, 1.807) is 0 Å². The third-order valence-corrected chi connectivity index (χ3v) is 7.00. The summed E-state index contributed by atoms with van der Waals surface area (Å²) in [4.78, 5) is 0. The van der Waals surface area contributed by atoms with Crippen LogP contribution in [0.5, 0.6) is 0 Å². The van der Waals surface area contributed by atoms with E-state index in [4.69, 9.17) is 0 Å². The Morgan fingerprint density at radius 1 is 0.625 bits per heavy atom. The highest BCUT2D eigenvalue weighted by molar-refractivity contribution is 5.90. The molecule has 0 saturated carbocycles. The van der Waals surface area contributed by atoms with Crippen LogP contribution in [0.1, 0.15) is 33.9 Å². The number of fused-ring (bicyclic) bond motifs is 3. The Hall–Kier alpha value is -3.84. The molecule has 1 heteroatoms. The molecule has 5 aromatic rings. The monoisotopic (exact) mass is 411 g/mol. The summed E-state index contributed by atoms with van der Waals surface area (Å²) in [6.45, 7) is 0. The molecule has 0 radical (unpaired) electrons. The third kappa shape index (κ3) is 2.64. The molecule has 6 rings (SSSR count). The second kappa shape index (κ2) is 7.39. The Kier molecular flexibility index (Phi) is 4.36. The van der Waals surface area contributed by atoms with Gasteiger partial charge in [-0.05, 0) is 22.8 Å². The van der Waals surface area contributed by atoms with Crippen LogP contribution in [0.2, 0.25) is 0 Å². The van der Waals surface area contributed by atoms with Gasteiger partial charge in [0.05, 0.1) is 5.41 Å². The fraction of sp³-hybridized carbons (Fsp3) is 0.0968. The lowest BCUT2D eigenvalue weighted by molar-refractivity contribution is 0.701. The van der Waals surface area contributed by atoms with Gasteiger partial charge in [0, 0.05) is 35.1 Å². The number of hydrogen-bond acceptors (Lipinski definition) is 0. The first kappa shape index (κ1) is 18.9. The highest BCUT2D eigenvalue weighted by Crippen LogP contribution is 2.52. The largest absolute Gasteiger partial charge is 0.346 e. The minimum Gasteiger partial charge on any atom is -0.346 e. The first-order valence-corrected chi connectivity index (χ1v) is 11.2. The maximum absolute atomic E-state index is 2.45. The minimum atomic E-state index is -0.343. The van der Waals surface area contributed by atoms with Crippen LogP contribution < -0.4 is 0 Å². The van der Waals surface area contributed by atoms with E-state index in [9.17, 15) is 0 Å². The van der Waals surface area contributed by atoms with Gasteiger partial charge in [0.2, 0.25) is 0 Å². The van der Waals surface area contributed by atoms with Gasteiger partial charge in [0.15, 0.2) is 0 Å². The maximum atomic E-state index is 2.45. The second-order valence-electron chi connectivity index (χ2n) is 8.62. The van der Waals surface area contributed by atoms with E-state index in [1.165, 1.54) is 38.9 Å². The normalized spacial score (nSPS) is 16.7. The first-order chi connectivity index (χ1) is 15.8. The zero-order valence-corrected chi connectivity index (χ0v) is 18.1. The van der Waals surface area contributed by atoms with E-state index in [2.05, 4.69) is 139 Å². The molecule has 0 bridgehead atoms. The first-order valence-electron chi connectivity index (χ1n) is 11.2. The summed E-state index contributed by atoms with van der Waals surface area (Å²) in [7, 11) is 2.22. The lowest BCUT2D eigenvalue weighted by Crippen LogP contribution is -2.32. The molecule has 154 valence electrons. The number of allylic oxidation sites excluding steroid dienone is 2. The van der Waals surface area contributed by atoms with Gasteiger partial charge in [-0.3, -0.25) is 0 Å². The van der Waals surface area contributed by atoms with Gasteiger partial charge in [-0.1, -0.05) is 121 Å². The average Bonchev–Trinajstić information content (AvgIpc) is 3.18. The molecule has 1 aliphatic rings. The summed E-state index contributed by atoms with van der Waals surface area (Å²) >= 11 is 0. The zero-order chi connectivity index (χ0) is 21.5. The van der Waals surface area contributed by atoms with E-state index in [-0.39, 0.29) is 11.3 Å². The van der Waals surface area contributed by atoms with Gasteiger partial charge in [0.1, 0.15) is 0 Å². The number of rotatable bonds is 3. The lowest BCUT2D eigenvalue weighted by Gasteiger charge is -2.38. The molecule has 1 heterocycles. The fourth-order valence-electron chi connectivity index (χ4n) is 5.59. The summed E-state index contributed by atoms with van der Waals surface area (Å²) in [6.07, 6.45) is 4.86. The SMILES string of the molecule is Cn1c2c(c3ccccc31)C(c1ccccc1)(c1ccccc1)C=CC2c1ccccc1. The molecule has 1 nitrogen and oxygen atoms in total. The van der Waals surface area contributed by atoms with E-state index in [0.717, 1.165) is 0 Å². The molecule has 0 fully saturated rings. The second-order valence-corrected chi connectivity index (χ2v) is 8.62. The molecule has 0 N–H and O–H groups in total. The zero-order valence-electron chi connectivity index (χ0n) is 18.1. The molecule has 1 atom stereocenters. The van der Waals surface area contributed by atoms with Crippen LogP contribution in [0.25, 0.3) is 10.9 Å². The quantitative estimate of drug-likeness (QED) is 0.276. The van der Waals surface area contributed by atoms with Crippen molar-refractivity contribution in [2.24, 2.45) is 7.05 Å². The van der Waals surface area contributed by atoms with Crippen LogP contribution in [0, 0.1) is 0 Å². The van der Waals surface area contributed by atoms with Crippen molar-refractivity contribution < 1.29 is 0 Å². The molecule has 4 aromatic carbocycles. The molecule has 1 aromatic heterocycles. The van der Waals surface area contributed by atoms with Crippen molar-refractivity contribution in [3.8, 4) is 0 Å². The molecular formula is C31H25N. The van der Waals surface area contributed by atoms with Crippen LogP contribution in [0.3, 0.4) is 0 Å². The highest BCUT2D eigenvalue weighted by Gasteiger charge is 2.43.